The van der Waals surface area contributed by atoms with Crippen molar-refractivity contribution in [3.05, 3.63) is 22.1 Å². The Morgan fingerprint density at radius 2 is 2.32 bits per heavy atom. The SMILES string of the molecule is Cc1ncc([N+](=O)[O-])n1CCN1CCC(C)C(N)C1. The predicted octanol–water partition coefficient (Wildman–Crippen LogP) is 0.769. The molecule has 2 unspecified atom stereocenters. The van der Waals surface area contributed by atoms with Crippen LogP contribution in [-0.2, 0) is 6.54 Å². The highest BCUT2D eigenvalue weighted by molar-refractivity contribution is 5.18. The van der Waals surface area contributed by atoms with Crippen LogP contribution in [0.3, 0.4) is 0 Å². The molecule has 1 fully saturated rings. The number of hydrogen-bond acceptors (Lipinski definition) is 5. The summed E-state index contributed by atoms with van der Waals surface area (Å²) in [5, 5.41) is 10.9. The topological polar surface area (TPSA) is 90.2 Å². The summed E-state index contributed by atoms with van der Waals surface area (Å²) in [6.45, 7) is 7.20. The van der Waals surface area contributed by atoms with Gasteiger partial charge in [-0.3, -0.25) is 4.90 Å². The number of rotatable bonds is 4. The molecule has 1 aliphatic rings. The van der Waals surface area contributed by atoms with Gasteiger partial charge in [0.2, 0.25) is 0 Å². The summed E-state index contributed by atoms with van der Waals surface area (Å²) in [6, 6.07) is 0.202. The smallest absolute Gasteiger partial charge is 0.342 e. The molecule has 0 aromatic carbocycles. The number of aromatic nitrogens is 2. The summed E-state index contributed by atoms with van der Waals surface area (Å²) in [5.74, 6) is 1.30. The van der Waals surface area contributed by atoms with Crippen molar-refractivity contribution in [2.24, 2.45) is 11.7 Å². The molecule has 2 rings (SSSR count). The van der Waals surface area contributed by atoms with Crippen LogP contribution >= 0.6 is 0 Å². The van der Waals surface area contributed by atoms with Crippen molar-refractivity contribution in [1.29, 1.82) is 0 Å². The van der Waals surface area contributed by atoms with E-state index in [1.54, 1.807) is 11.5 Å². The fraction of sp³-hybridized carbons (Fsp3) is 0.750. The Labute approximate surface area is 112 Å². The van der Waals surface area contributed by atoms with Gasteiger partial charge in [0.1, 0.15) is 12.7 Å². The highest BCUT2D eigenvalue weighted by Crippen LogP contribution is 2.17. The first-order valence-corrected chi connectivity index (χ1v) is 6.63. The van der Waals surface area contributed by atoms with Crippen LogP contribution in [0.1, 0.15) is 19.2 Å². The highest BCUT2D eigenvalue weighted by atomic mass is 16.6. The van der Waals surface area contributed by atoms with Crippen LogP contribution in [-0.4, -0.2) is 45.1 Å². The van der Waals surface area contributed by atoms with Crippen LogP contribution in [0, 0.1) is 23.0 Å². The number of nitrogens with two attached hydrogens (primary N) is 1. The molecular formula is C12H21N5O2. The van der Waals surface area contributed by atoms with Gasteiger partial charge in [-0.05, 0) is 23.8 Å². The van der Waals surface area contributed by atoms with Gasteiger partial charge in [0.25, 0.3) is 0 Å². The van der Waals surface area contributed by atoms with Crippen LogP contribution < -0.4 is 5.73 Å². The zero-order chi connectivity index (χ0) is 14.0. The first-order chi connectivity index (χ1) is 8.99. The summed E-state index contributed by atoms with van der Waals surface area (Å²) < 4.78 is 1.66. The molecule has 106 valence electrons. The Morgan fingerprint density at radius 3 is 2.95 bits per heavy atom. The van der Waals surface area contributed by atoms with Crippen molar-refractivity contribution in [2.75, 3.05) is 19.6 Å². The Kier molecular flexibility index (Phi) is 4.16. The molecule has 7 heteroatoms. The molecule has 0 bridgehead atoms. The van der Waals surface area contributed by atoms with Crippen molar-refractivity contribution in [3.8, 4) is 0 Å². The second kappa shape index (κ2) is 5.66. The van der Waals surface area contributed by atoms with Gasteiger partial charge in [-0.15, -0.1) is 0 Å². The van der Waals surface area contributed by atoms with Crippen molar-refractivity contribution in [1.82, 2.24) is 14.5 Å². The average Bonchev–Trinajstić information content (AvgIpc) is 2.72. The minimum Gasteiger partial charge on any atom is -0.358 e. The second-order valence-electron chi connectivity index (χ2n) is 5.30. The average molecular weight is 267 g/mol. The number of aryl methyl sites for hydroxylation is 1. The summed E-state index contributed by atoms with van der Waals surface area (Å²) >= 11 is 0. The fourth-order valence-electron chi connectivity index (χ4n) is 2.49. The number of nitro groups is 1. The molecule has 0 radical (unpaired) electrons. The molecule has 0 spiro atoms. The summed E-state index contributed by atoms with van der Waals surface area (Å²) in [6.07, 6.45) is 2.41. The molecule has 1 saturated heterocycles. The molecule has 1 aromatic rings. The van der Waals surface area contributed by atoms with E-state index < -0.39 is 0 Å². The van der Waals surface area contributed by atoms with E-state index in [2.05, 4.69) is 16.8 Å². The third-order valence-electron chi connectivity index (χ3n) is 3.96. The van der Waals surface area contributed by atoms with Crippen LogP contribution in [0.25, 0.3) is 0 Å². The van der Waals surface area contributed by atoms with Crippen LogP contribution in [0.5, 0.6) is 0 Å². The number of likely N-dealkylation sites (tertiary alicyclic amines) is 1. The zero-order valence-corrected chi connectivity index (χ0v) is 11.5. The number of nitrogens with zero attached hydrogens (tertiary/aromatic N) is 4. The van der Waals surface area contributed by atoms with Gasteiger partial charge in [-0.2, -0.15) is 0 Å². The third kappa shape index (κ3) is 3.10. The molecule has 0 saturated carbocycles. The minimum absolute atomic E-state index is 0.0622. The molecule has 1 aliphatic heterocycles. The van der Waals surface area contributed by atoms with E-state index in [0.29, 0.717) is 18.3 Å². The van der Waals surface area contributed by atoms with Gasteiger partial charge >= 0.3 is 5.82 Å². The number of imidazole rings is 1. The summed E-state index contributed by atoms with van der Waals surface area (Å²) in [7, 11) is 0. The van der Waals surface area contributed by atoms with E-state index in [1.165, 1.54) is 6.20 Å². The number of piperidine rings is 1. The predicted molar refractivity (Wildman–Crippen MR) is 71.8 cm³/mol. The van der Waals surface area contributed by atoms with Crippen LogP contribution in [0.4, 0.5) is 5.82 Å². The lowest BCUT2D eigenvalue weighted by Gasteiger charge is -2.34. The normalized spacial score (nSPS) is 24.6. The van der Waals surface area contributed by atoms with Crippen LogP contribution in [0.15, 0.2) is 6.20 Å². The van der Waals surface area contributed by atoms with Gasteiger partial charge in [-0.25, -0.2) is 9.55 Å². The Hall–Kier alpha value is -1.47. The van der Waals surface area contributed by atoms with Crippen LogP contribution in [0.2, 0.25) is 0 Å². The van der Waals surface area contributed by atoms with E-state index in [4.69, 9.17) is 5.73 Å². The molecule has 2 N–H and O–H groups in total. The number of hydrogen-bond donors (Lipinski definition) is 1. The van der Waals surface area contributed by atoms with Crippen molar-refractivity contribution in [3.63, 3.8) is 0 Å². The summed E-state index contributed by atoms with van der Waals surface area (Å²) in [4.78, 5) is 16.8. The lowest BCUT2D eigenvalue weighted by Crippen LogP contribution is -2.48. The molecule has 0 amide bonds. The molecule has 19 heavy (non-hydrogen) atoms. The largest absolute Gasteiger partial charge is 0.358 e. The van der Waals surface area contributed by atoms with E-state index in [9.17, 15) is 10.1 Å². The van der Waals surface area contributed by atoms with E-state index >= 15 is 0 Å². The monoisotopic (exact) mass is 267 g/mol. The lowest BCUT2D eigenvalue weighted by atomic mass is 9.94. The molecule has 0 aliphatic carbocycles. The lowest BCUT2D eigenvalue weighted by molar-refractivity contribution is -0.392. The van der Waals surface area contributed by atoms with E-state index in [1.807, 2.05) is 0 Å². The zero-order valence-electron chi connectivity index (χ0n) is 11.5. The molecule has 2 atom stereocenters. The second-order valence-corrected chi connectivity index (χ2v) is 5.30. The fourth-order valence-corrected chi connectivity index (χ4v) is 2.49. The maximum absolute atomic E-state index is 10.9. The van der Waals surface area contributed by atoms with Crippen molar-refractivity contribution >= 4 is 5.82 Å². The van der Waals surface area contributed by atoms with Gasteiger partial charge in [0.15, 0.2) is 5.82 Å². The van der Waals surface area contributed by atoms with Gasteiger partial charge in [0.05, 0.1) is 0 Å². The third-order valence-corrected chi connectivity index (χ3v) is 3.96. The maximum atomic E-state index is 10.9. The molecule has 1 aromatic heterocycles. The van der Waals surface area contributed by atoms with E-state index in [-0.39, 0.29) is 16.8 Å². The molecule has 2 heterocycles. The maximum Gasteiger partial charge on any atom is 0.342 e. The first-order valence-electron chi connectivity index (χ1n) is 6.63. The van der Waals surface area contributed by atoms with E-state index in [0.717, 1.165) is 26.1 Å². The first kappa shape index (κ1) is 14.0. The van der Waals surface area contributed by atoms with Gasteiger partial charge < -0.3 is 15.8 Å². The standard InChI is InChI=1S/C12H21N5O2/c1-9-3-4-15(8-11(9)13)5-6-16-10(2)14-7-12(16)17(18)19/h7,9,11H,3-6,8,13H2,1-2H3. The van der Waals surface area contributed by atoms with Crippen molar-refractivity contribution in [2.45, 2.75) is 32.9 Å². The molecular weight excluding hydrogens is 246 g/mol. The Morgan fingerprint density at radius 1 is 1.58 bits per heavy atom. The highest BCUT2D eigenvalue weighted by Gasteiger charge is 2.24. The summed E-state index contributed by atoms with van der Waals surface area (Å²) in [5.41, 5.74) is 6.06. The quantitative estimate of drug-likeness (QED) is 0.642. The Bertz CT molecular complexity index is 459. The Balaban J connectivity index is 1.96. The van der Waals surface area contributed by atoms with Gasteiger partial charge in [-0.1, -0.05) is 6.92 Å². The van der Waals surface area contributed by atoms with Crippen molar-refractivity contribution < 1.29 is 4.92 Å². The molecule has 7 nitrogen and oxygen atoms in total. The minimum atomic E-state index is -0.385. The van der Waals surface area contributed by atoms with Gasteiger partial charge in [0, 0.05) is 26.1 Å².